The minimum atomic E-state index is -5.35. The number of benzene rings is 1. The van der Waals surface area contributed by atoms with Crippen molar-refractivity contribution in [1.82, 2.24) is 10.3 Å². The number of nitrogens with one attached hydrogen (secondary N) is 1. The highest BCUT2D eigenvalue weighted by Crippen LogP contribution is 2.39. The predicted octanol–water partition coefficient (Wildman–Crippen LogP) is 3.17. The summed E-state index contributed by atoms with van der Waals surface area (Å²) in [6.07, 6.45) is -9.20. The van der Waals surface area contributed by atoms with Crippen molar-refractivity contribution in [3.8, 4) is 0 Å². The van der Waals surface area contributed by atoms with Gasteiger partial charge >= 0.3 is 12.4 Å². The lowest BCUT2D eigenvalue weighted by molar-refractivity contribution is -0.257. The van der Waals surface area contributed by atoms with E-state index in [1.165, 1.54) is 18.2 Å². The lowest BCUT2D eigenvalue weighted by atomic mass is 9.92. The van der Waals surface area contributed by atoms with Gasteiger partial charge in [0.05, 0.1) is 17.8 Å². The number of alkyl halides is 6. The van der Waals surface area contributed by atoms with Gasteiger partial charge < -0.3 is 10.4 Å². The number of hydrogen-bond acceptors (Lipinski definition) is 3. The number of nitrogens with zero attached hydrogens (tertiary/aromatic N) is 1. The molecule has 0 bridgehead atoms. The first-order chi connectivity index (χ1) is 12.0. The van der Waals surface area contributed by atoms with Crippen molar-refractivity contribution >= 4 is 5.91 Å². The van der Waals surface area contributed by atoms with Crippen molar-refractivity contribution in [3.63, 3.8) is 0 Å². The van der Waals surface area contributed by atoms with Crippen LogP contribution in [0.5, 0.6) is 0 Å². The van der Waals surface area contributed by atoms with Crippen LogP contribution in [0.2, 0.25) is 0 Å². The largest absolute Gasteiger partial charge is 0.430 e. The summed E-state index contributed by atoms with van der Waals surface area (Å²) < 4.78 is 77.8. The molecule has 0 aliphatic rings. The van der Waals surface area contributed by atoms with E-state index in [2.05, 4.69) is 4.98 Å². The molecule has 0 aliphatic carbocycles. The Labute approximate surface area is 143 Å². The van der Waals surface area contributed by atoms with E-state index in [0.29, 0.717) is 12.1 Å². The van der Waals surface area contributed by atoms with Gasteiger partial charge in [0.15, 0.2) is 0 Å². The number of halogens is 6. The van der Waals surface area contributed by atoms with Gasteiger partial charge in [-0.3, -0.25) is 9.78 Å². The van der Waals surface area contributed by atoms with Gasteiger partial charge in [0, 0.05) is 11.8 Å². The fraction of sp³-hybridized carbons (Fsp3) is 0.250. The molecule has 0 radical (unpaired) electrons. The Kier molecular flexibility index (Phi) is 5.26. The van der Waals surface area contributed by atoms with Crippen LogP contribution in [0.25, 0.3) is 0 Å². The zero-order valence-corrected chi connectivity index (χ0v) is 12.9. The molecule has 0 spiro atoms. The minimum absolute atomic E-state index is 0.314. The highest BCUT2D eigenvalue weighted by Gasteiger charge is 2.60. The van der Waals surface area contributed by atoms with E-state index in [1.807, 2.05) is 0 Å². The summed E-state index contributed by atoms with van der Waals surface area (Å²) in [4.78, 5) is 15.6. The molecule has 0 saturated heterocycles. The number of hydrogen-bond donors (Lipinski definition) is 2. The summed E-state index contributed by atoms with van der Waals surface area (Å²) in [7, 11) is 0. The van der Waals surface area contributed by atoms with Crippen LogP contribution in [0.4, 0.5) is 26.3 Å². The number of carbonyl (C=O) groups is 1. The Balaban J connectivity index is 2.24. The summed E-state index contributed by atoms with van der Waals surface area (Å²) in [5, 5.41) is 11.8. The molecular weight excluding hydrogens is 366 g/mol. The molecule has 1 aromatic heterocycles. The highest BCUT2D eigenvalue weighted by molar-refractivity contribution is 5.87. The molecule has 10 heteroatoms. The lowest BCUT2D eigenvalue weighted by Crippen LogP contribution is -2.54. The average Bonchev–Trinajstić information content (AvgIpc) is 2.58. The summed E-state index contributed by atoms with van der Waals surface area (Å²) >= 11 is 0. The van der Waals surface area contributed by atoms with Gasteiger partial charge in [0.2, 0.25) is 0 Å². The maximum absolute atomic E-state index is 13.3. The fourth-order valence-electron chi connectivity index (χ4n) is 2.15. The summed E-state index contributed by atoms with van der Waals surface area (Å²) in [5.74, 6) is -1.82. The Morgan fingerprint density at radius 1 is 1.00 bits per heavy atom. The molecule has 1 aromatic carbocycles. The molecule has 4 nitrogen and oxygen atoms in total. The van der Waals surface area contributed by atoms with Crippen LogP contribution in [0.15, 0.2) is 48.7 Å². The molecule has 1 amide bonds. The Bertz CT molecular complexity index is 776. The first-order valence-corrected chi connectivity index (χ1v) is 7.11. The second kappa shape index (κ2) is 6.94. The molecule has 140 valence electrons. The Morgan fingerprint density at radius 3 is 2.15 bits per heavy atom. The molecular formula is C16H12F6N2O2. The number of carbonyl (C=O) groups excluding carboxylic acids is 1. The van der Waals surface area contributed by atoms with Gasteiger partial charge in [-0.15, -0.1) is 0 Å². The van der Waals surface area contributed by atoms with Gasteiger partial charge in [-0.2, -0.15) is 26.3 Å². The van der Waals surface area contributed by atoms with E-state index in [1.54, 1.807) is 5.32 Å². The van der Waals surface area contributed by atoms with Crippen molar-refractivity contribution in [2.45, 2.75) is 24.5 Å². The van der Waals surface area contributed by atoms with E-state index >= 15 is 0 Å². The van der Waals surface area contributed by atoms with Crippen molar-refractivity contribution in [3.05, 3.63) is 65.5 Å². The van der Waals surface area contributed by atoms with Crippen molar-refractivity contribution in [1.29, 1.82) is 0 Å². The third-order valence-corrected chi connectivity index (χ3v) is 3.50. The first kappa shape index (κ1) is 19.7. The molecule has 0 saturated carbocycles. The smallest absolute Gasteiger partial charge is 0.369 e. The van der Waals surface area contributed by atoms with Crippen molar-refractivity contribution < 1.29 is 36.2 Å². The number of amides is 1. The van der Waals surface area contributed by atoms with Gasteiger partial charge in [0.1, 0.15) is 0 Å². The summed E-state index contributed by atoms with van der Waals surface area (Å²) in [6, 6.07) is 6.90. The fourth-order valence-corrected chi connectivity index (χ4v) is 2.15. The second-order valence-electron chi connectivity index (χ2n) is 5.29. The summed E-state index contributed by atoms with van der Waals surface area (Å²) in [5.41, 5.74) is -5.95. The van der Waals surface area contributed by atoms with E-state index in [-0.39, 0.29) is 5.69 Å². The molecule has 1 atom stereocenters. The van der Waals surface area contributed by atoms with Crippen LogP contribution in [0.3, 0.4) is 0 Å². The van der Waals surface area contributed by atoms with E-state index < -0.39 is 41.5 Å². The van der Waals surface area contributed by atoms with E-state index in [0.717, 1.165) is 18.3 Å². The zero-order chi connectivity index (χ0) is 19.6. The van der Waals surface area contributed by atoms with Gasteiger partial charge in [-0.1, -0.05) is 30.3 Å². The first-order valence-electron chi connectivity index (χ1n) is 7.11. The van der Waals surface area contributed by atoms with E-state index in [4.69, 9.17) is 0 Å². The van der Waals surface area contributed by atoms with Crippen LogP contribution in [-0.2, 0) is 23.1 Å². The van der Waals surface area contributed by atoms with Gasteiger partial charge in [-0.05, 0) is 12.1 Å². The maximum atomic E-state index is 13.3. The number of rotatable bonds is 4. The molecule has 1 heterocycles. The van der Waals surface area contributed by atoms with Crippen LogP contribution < -0.4 is 5.32 Å². The highest BCUT2D eigenvalue weighted by atomic mass is 19.4. The quantitative estimate of drug-likeness (QED) is 0.804. The molecule has 0 fully saturated rings. The maximum Gasteiger partial charge on any atom is 0.430 e. The molecule has 26 heavy (non-hydrogen) atoms. The monoisotopic (exact) mass is 378 g/mol. The minimum Gasteiger partial charge on any atom is -0.369 e. The number of aliphatic hydroxyl groups is 1. The molecule has 0 unspecified atom stereocenters. The third-order valence-electron chi connectivity index (χ3n) is 3.50. The van der Waals surface area contributed by atoms with Crippen LogP contribution in [0, 0.1) is 0 Å². The average molecular weight is 378 g/mol. The number of aromatic nitrogens is 1. The number of pyridine rings is 1. The molecule has 0 aliphatic heterocycles. The Hall–Kier alpha value is -2.62. The van der Waals surface area contributed by atoms with Crippen molar-refractivity contribution in [2.75, 3.05) is 0 Å². The van der Waals surface area contributed by atoms with Crippen LogP contribution in [-0.4, -0.2) is 22.2 Å². The Morgan fingerprint density at radius 2 is 1.62 bits per heavy atom. The van der Waals surface area contributed by atoms with Crippen molar-refractivity contribution in [2.24, 2.45) is 0 Å². The second-order valence-corrected chi connectivity index (χ2v) is 5.29. The lowest BCUT2D eigenvalue weighted by Gasteiger charge is -2.29. The van der Waals surface area contributed by atoms with Crippen LogP contribution >= 0.6 is 0 Å². The SMILES string of the molecule is O=C(NCc1cc(C(F)(F)F)ccn1)[C@](O)(c1ccccc1)C(F)(F)F. The standard InChI is InChI=1S/C16H12F6N2O2/c17-15(18,19)11-6-7-23-12(8-11)9-24-13(25)14(26,16(20,21)22)10-4-2-1-3-5-10/h1-8,26H,9H2,(H,24,25)/t14-/m1/s1. The predicted molar refractivity (Wildman–Crippen MR) is 77.5 cm³/mol. The molecule has 2 rings (SSSR count). The topological polar surface area (TPSA) is 62.2 Å². The normalized spacial score (nSPS) is 14.6. The molecule has 2 aromatic rings. The van der Waals surface area contributed by atoms with Gasteiger partial charge in [0.25, 0.3) is 11.5 Å². The van der Waals surface area contributed by atoms with Gasteiger partial charge in [-0.25, -0.2) is 0 Å². The summed E-state index contributed by atoms with van der Waals surface area (Å²) in [6.45, 7) is -0.728. The zero-order valence-electron chi connectivity index (χ0n) is 12.9. The third kappa shape index (κ3) is 3.96. The molecule has 2 N–H and O–H groups in total. The van der Waals surface area contributed by atoms with E-state index in [9.17, 15) is 36.2 Å². The van der Waals surface area contributed by atoms with Crippen LogP contribution in [0.1, 0.15) is 16.8 Å².